The minimum atomic E-state index is -3.54. The Labute approximate surface area is 124 Å². The number of nitrogens with zero attached hydrogens (tertiary/aromatic N) is 2. The molecule has 1 heterocycles. The van der Waals surface area contributed by atoms with Crippen LogP contribution in [-0.2, 0) is 16.6 Å². The zero-order chi connectivity index (χ0) is 14.9. The maximum atomic E-state index is 12.8. The molecule has 1 fully saturated rings. The van der Waals surface area contributed by atoms with Crippen LogP contribution in [0.25, 0.3) is 0 Å². The third-order valence-corrected chi connectivity index (χ3v) is 5.46. The lowest BCUT2D eigenvalue weighted by Crippen LogP contribution is -2.33. The summed E-state index contributed by atoms with van der Waals surface area (Å²) in [5.74, 6) is 0. The van der Waals surface area contributed by atoms with Gasteiger partial charge in [-0.3, -0.25) is 4.98 Å². The molecule has 21 heavy (non-hydrogen) atoms. The van der Waals surface area contributed by atoms with E-state index in [9.17, 15) is 8.42 Å². The molecule has 0 amide bonds. The van der Waals surface area contributed by atoms with Crippen LogP contribution in [0.2, 0.25) is 0 Å². The van der Waals surface area contributed by atoms with Crippen molar-refractivity contribution in [3.63, 3.8) is 0 Å². The van der Waals surface area contributed by atoms with Crippen LogP contribution in [0.3, 0.4) is 0 Å². The van der Waals surface area contributed by atoms with Gasteiger partial charge in [-0.2, -0.15) is 4.31 Å². The number of rotatable bonds is 5. The first-order chi connectivity index (χ1) is 10.1. The quantitative estimate of drug-likeness (QED) is 0.857. The summed E-state index contributed by atoms with van der Waals surface area (Å²) in [5, 5.41) is 0. The molecule has 0 spiro atoms. The Morgan fingerprint density at radius 2 is 1.95 bits per heavy atom. The van der Waals surface area contributed by atoms with E-state index in [2.05, 4.69) is 4.98 Å². The normalized spacial score (nSPS) is 15.3. The monoisotopic (exact) mass is 303 g/mol. The molecular formula is C15H17N3O2S. The molecule has 0 bridgehead atoms. The number of nitrogens with two attached hydrogens (primary N) is 1. The number of anilines is 1. The molecule has 1 aliphatic rings. The van der Waals surface area contributed by atoms with Gasteiger partial charge < -0.3 is 5.73 Å². The third kappa shape index (κ3) is 2.91. The van der Waals surface area contributed by atoms with E-state index in [-0.39, 0.29) is 10.9 Å². The number of benzene rings is 1. The van der Waals surface area contributed by atoms with Crippen LogP contribution in [0.15, 0.2) is 53.7 Å². The van der Waals surface area contributed by atoms with Crippen molar-refractivity contribution in [1.29, 1.82) is 0 Å². The Morgan fingerprint density at radius 3 is 2.57 bits per heavy atom. The highest BCUT2D eigenvalue weighted by Crippen LogP contribution is 2.34. The number of pyridine rings is 1. The molecule has 0 atom stereocenters. The summed E-state index contributed by atoms with van der Waals surface area (Å²) >= 11 is 0. The van der Waals surface area contributed by atoms with Crippen molar-refractivity contribution >= 4 is 15.7 Å². The molecule has 110 valence electrons. The predicted molar refractivity (Wildman–Crippen MR) is 80.8 cm³/mol. The summed E-state index contributed by atoms with van der Waals surface area (Å²) < 4.78 is 27.1. The fraction of sp³-hybridized carbons (Fsp3) is 0.267. The third-order valence-electron chi connectivity index (χ3n) is 3.58. The number of aromatic nitrogens is 1. The number of sulfonamides is 1. The van der Waals surface area contributed by atoms with Gasteiger partial charge in [0.2, 0.25) is 10.0 Å². The lowest BCUT2D eigenvalue weighted by atomic mass is 10.2. The molecule has 0 unspecified atom stereocenters. The standard InChI is InChI=1S/C15H17N3O2S/c16-15-6-2-1-4-12(15)11-18(13-7-8-13)21(19,20)14-5-3-9-17-10-14/h1-6,9-10,13H,7-8,11,16H2. The van der Waals surface area contributed by atoms with E-state index >= 15 is 0 Å². The predicted octanol–water partition coefficient (Wildman–Crippen LogP) is 2.02. The Balaban J connectivity index is 1.94. The van der Waals surface area contributed by atoms with Crippen LogP contribution in [-0.4, -0.2) is 23.7 Å². The van der Waals surface area contributed by atoms with Gasteiger partial charge in [0.25, 0.3) is 0 Å². The number of hydrogen-bond acceptors (Lipinski definition) is 4. The molecule has 0 aliphatic heterocycles. The maximum Gasteiger partial charge on any atom is 0.245 e. The Kier molecular flexibility index (Phi) is 3.65. The molecule has 2 aromatic rings. The average Bonchev–Trinajstić information content (AvgIpc) is 3.31. The van der Waals surface area contributed by atoms with Crippen molar-refractivity contribution in [2.24, 2.45) is 0 Å². The summed E-state index contributed by atoms with van der Waals surface area (Å²) in [5.41, 5.74) is 7.38. The zero-order valence-corrected chi connectivity index (χ0v) is 12.3. The van der Waals surface area contributed by atoms with Crippen molar-refractivity contribution in [2.45, 2.75) is 30.3 Å². The molecule has 3 rings (SSSR count). The smallest absolute Gasteiger partial charge is 0.245 e. The second-order valence-corrected chi connectivity index (χ2v) is 7.06. The molecule has 1 aromatic heterocycles. The van der Waals surface area contributed by atoms with E-state index < -0.39 is 10.0 Å². The summed E-state index contributed by atoms with van der Waals surface area (Å²) in [4.78, 5) is 4.14. The van der Waals surface area contributed by atoms with Gasteiger partial charge in [-0.15, -0.1) is 0 Å². The van der Waals surface area contributed by atoms with E-state index in [0.717, 1.165) is 18.4 Å². The molecular weight excluding hydrogens is 286 g/mol. The highest BCUT2D eigenvalue weighted by atomic mass is 32.2. The van der Waals surface area contributed by atoms with Crippen molar-refractivity contribution in [3.8, 4) is 0 Å². The Morgan fingerprint density at radius 1 is 1.19 bits per heavy atom. The number of para-hydroxylation sites is 1. The van der Waals surface area contributed by atoms with Crippen LogP contribution in [0, 0.1) is 0 Å². The van der Waals surface area contributed by atoms with Crippen molar-refractivity contribution in [1.82, 2.24) is 9.29 Å². The second kappa shape index (κ2) is 5.46. The minimum Gasteiger partial charge on any atom is -0.398 e. The highest BCUT2D eigenvalue weighted by molar-refractivity contribution is 7.89. The van der Waals surface area contributed by atoms with Crippen LogP contribution in [0.1, 0.15) is 18.4 Å². The molecule has 0 saturated heterocycles. The summed E-state index contributed by atoms with van der Waals surface area (Å²) in [6, 6.07) is 10.6. The van der Waals surface area contributed by atoms with E-state index in [0.29, 0.717) is 12.2 Å². The van der Waals surface area contributed by atoms with Gasteiger partial charge in [0.05, 0.1) is 0 Å². The van der Waals surface area contributed by atoms with Gasteiger partial charge in [0, 0.05) is 30.7 Å². The lowest BCUT2D eigenvalue weighted by molar-refractivity contribution is 0.399. The van der Waals surface area contributed by atoms with Gasteiger partial charge in [0.15, 0.2) is 0 Å². The molecule has 2 N–H and O–H groups in total. The van der Waals surface area contributed by atoms with E-state index in [1.165, 1.54) is 10.5 Å². The van der Waals surface area contributed by atoms with Crippen molar-refractivity contribution in [3.05, 3.63) is 54.4 Å². The zero-order valence-electron chi connectivity index (χ0n) is 11.5. The second-order valence-electron chi connectivity index (χ2n) is 5.17. The summed E-state index contributed by atoms with van der Waals surface area (Å²) in [7, 11) is -3.54. The van der Waals surface area contributed by atoms with Gasteiger partial charge in [-0.1, -0.05) is 18.2 Å². The lowest BCUT2D eigenvalue weighted by Gasteiger charge is -2.22. The average molecular weight is 303 g/mol. The number of nitrogen functional groups attached to an aromatic ring is 1. The fourth-order valence-corrected chi connectivity index (χ4v) is 3.88. The van der Waals surface area contributed by atoms with Gasteiger partial charge >= 0.3 is 0 Å². The molecule has 1 saturated carbocycles. The van der Waals surface area contributed by atoms with Crippen molar-refractivity contribution < 1.29 is 8.42 Å². The fourth-order valence-electron chi connectivity index (χ4n) is 2.25. The molecule has 1 aliphatic carbocycles. The van der Waals surface area contributed by atoms with E-state index in [1.807, 2.05) is 18.2 Å². The topological polar surface area (TPSA) is 76.3 Å². The molecule has 0 radical (unpaired) electrons. The largest absolute Gasteiger partial charge is 0.398 e. The minimum absolute atomic E-state index is 0.0646. The number of hydrogen-bond donors (Lipinski definition) is 1. The Bertz CT molecular complexity index is 728. The van der Waals surface area contributed by atoms with E-state index in [1.54, 1.807) is 24.4 Å². The van der Waals surface area contributed by atoms with Crippen molar-refractivity contribution in [2.75, 3.05) is 5.73 Å². The van der Waals surface area contributed by atoms with Gasteiger partial charge in [-0.05, 0) is 36.6 Å². The van der Waals surface area contributed by atoms with Crippen LogP contribution in [0.4, 0.5) is 5.69 Å². The summed E-state index contributed by atoms with van der Waals surface area (Å²) in [6.07, 6.45) is 4.74. The first-order valence-electron chi connectivity index (χ1n) is 6.84. The van der Waals surface area contributed by atoms with Crippen LogP contribution in [0.5, 0.6) is 0 Å². The molecule has 6 heteroatoms. The first kappa shape index (κ1) is 14.0. The van der Waals surface area contributed by atoms with E-state index in [4.69, 9.17) is 5.73 Å². The molecule has 5 nitrogen and oxygen atoms in total. The maximum absolute atomic E-state index is 12.8. The summed E-state index contributed by atoms with van der Waals surface area (Å²) in [6.45, 7) is 0.300. The van der Waals surface area contributed by atoms with Gasteiger partial charge in [-0.25, -0.2) is 8.42 Å². The SMILES string of the molecule is Nc1ccccc1CN(C1CC1)S(=O)(=O)c1cccnc1. The van der Waals surface area contributed by atoms with Gasteiger partial charge in [0.1, 0.15) is 4.90 Å². The Hall–Kier alpha value is -1.92. The first-order valence-corrected chi connectivity index (χ1v) is 8.28. The van der Waals surface area contributed by atoms with Crippen LogP contribution >= 0.6 is 0 Å². The highest BCUT2D eigenvalue weighted by Gasteiger charge is 2.38. The van der Waals surface area contributed by atoms with Crippen LogP contribution < -0.4 is 5.73 Å². The molecule has 1 aromatic carbocycles.